The van der Waals surface area contributed by atoms with Crippen LogP contribution in [0.4, 0.5) is 9.18 Å². The van der Waals surface area contributed by atoms with E-state index < -0.39 is 45.2 Å². The fraction of sp³-hybridized carbons (Fsp3) is 0.552. The lowest BCUT2D eigenvalue weighted by atomic mass is 9.87. The van der Waals surface area contributed by atoms with Crippen molar-refractivity contribution in [3.63, 3.8) is 0 Å². The molecule has 0 radical (unpaired) electrons. The molecule has 39 heavy (non-hydrogen) atoms. The Balaban J connectivity index is 1.44. The largest absolute Gasteiger partial charge is 0.441 e. The number of hydrogen-bond donors (Lipinski definition) is 1. The third-order valence-corrected chi connectivity index (χ3v) is 10.7. The molecule has 212 valence electrons. The number of hydrogen-bond acceptors (Lipinski definition) is 5. The molecule has 0 bridgehead atoms. The Morgan fingerprint density at radius 2 is 1.79 bits per heavy atom. The van der Waals surface area contributed by atoms with E-state index in [1.165, 1.54) is 40.7 Å². The van der Waals surface area contributed by atoms with Crippen molar-refractivity contribution in [2.24, 2.45) is 0 Å². The molecule has 1 aliphatic carbocycles. The van der Waals surface area contributed by atoms with Crippen LogP contribution in [-0.2, 0) is 14.8 Å². The van der Waals surface area contributed by atoms with Gasteiger partial charge in [-0.3, -0.25) is 0 Å². The normalized spacial score (nSPS) is 24.8. The highest BCUT2D eigenvalue weighted by atomic mass is 35.5. The maximum Gasteiger partial charge on any atom is 0.410 e. The van der Waals surface area contributed by atoms with Crippen molar-refractivity contribution < 1.29 is 27.4 Å². The molecular weight excluding hydrogens is 543 g/mol. The van der Waals surface area contributed by atoms with Crippen molar-refractivity contribution in [1.82, 2.24) is 9.21 Å². The standard InChI is InChI=1S/C29H36ClFN2O5S/c1-2-13-28(35)16-18-32(19-17-28)27(34)38-29(14-15-29)26-8-4-7-25(21-5-3-6-23(31)20-21)33(26)39(36,37)24-11-9-22(30)10-12-24/h3,5-6,9-12,20,25-26,35H,2,4,7-8,13-19H2,1H3. The summed E-state index contributed by atoms with van der Waals surface area (Å²) in [7, 11) is -4.05. The molecule has 2 aromatic carbocycles. The van der Waals surface area contributed by atoms with E-state index in [2.05, 4.69) is 0 Å². The van der Waals surface area contributed by atoms with Crippen LogP contribution in [-0.4, -0.2) is 59.2 Å². The summed E-state index contributed by atoms with van der Waals surface area (Å²) in [6, 6.07) is 10.9. The average Bonchev–Trinajstić information content (AvgIpc) is 3.69. The Morgan fingerprint density at radius 3 is 2.41 bits per heavy atom. The van der Waals surface area contributed by atoms with E-state index in [1.807, 2.05) is 6.92 Å². The number of piperidine rings is 2. The van der Waals surface area contributed by atoms with Gasteiger partial charge in [0.25, 0.3) is 0 Å². The first kappa shape index (κ1) is 28.3. The van der Waals surface area contributed by atoms with E-state index in [0.29, 0.717) is 75.0 Å². The van der Waals surface area contributed by atoms with Crippen LogP contribution in [0.5, 0.6) is 0 Å². The van der Waals surface area contributed by atoms with Crippen molar-refractivity contribution in [1.29, 1.82) is 0 Å². The molecule has 2 aromatic rings. The van der Waals surface area contributed by atoms with Crippen molar-refractivity contribution in [3.8, 4) is 0 Å². The summed E-state index contributed by atoms with van der Waals surface area (Å²) in [5.74, 6) is -0.431. The Bertz CT molecular complexity index is 1290. The van der Waals surface area contributed by atoms with Gasteiger partial charge in [-0.2, -0.15) is 4.31 Å². The Hall–Kier alpha value is -2.20. The number of ether oxygens (including phenoxy) is 1. The number of likely N-dealkylation sites (tertiary alicyclic amines) is 1. The van der Waals surface area contributed by atoms with Crippen LogP contribution in [0.25, 0.3) is 0 Å². The summed E-state index contributed by atoms with van der Waals surface area (Å²) in [6.45, 7) is 2.82. The van der Waals surface area contributed by atoms with Gasteiger partial charge in [0.15, 0.2) is 0 Å². The lowest BCUT2D eigenvalue weighted by molar-refractivity contribution is -0.0434. The molecule has 5 rings (SSSR count). The van der Waals surface area contributed by atoms with Gasteiger partial charge in [0.2, 0.25) is 10.0 Å². The summed E-state index contributed by atoms with van der Waals surface area (Å²) >= 11 is 6.04. The molecule has 0 spiro atoms. The first-order valence-corrected chi connectivity index (χ1v) is 15.6. The fourth-order valence-electron chi connectivity index (χ4n) is 6.25. The van der Waals surface area contributed by atoms with Crippen LogP contribution in [0.2, 0.25) is 5.02 Å². The number of sulfonamides is 1. The second-order valence-corrected chi connectivity index (χ2v) is 13.5. The zero-order valence-electron chi connectivity index (χ0n) is 22.2. The van der Waals surface area contributed by atoms with Gasteiger partial charge in [-0.05, 0) is 93.3 Å². The van der Waals surface area contributed by atoms with Crippen LogP contribution >= 0.6 is 11.6 Å². The fourth-order valence-corrected chi connectivity index (χ4v) is 8.29. The quantitative estimate of drug-likeness (QED) is 0.431. The van der Waals surface area contributed by atoms with E-state index in [0.717, 1.165) is 6.42 Å². The average molecular weight is 579 g/mol. The topological polar surface area (TPSA) is 87.2 Å². The molecule has 2 aliphatic heterocycles. The molecule has 2 unspecified atom stereocenters. The van der Waals surface area contributed by atoms with Gasteiger partial charge in [0.05, 0.1) is 22.6 Å². The molecule has 1 saturated carbocycles. The molecule has 2 atom stereocenters. The van der Waals surface area contributed by atoms with Crippen molar-refractivity contribution in [2.75, 3.05) is 13.1 Å². The van der Waals surface area contributed by atoms with Gasteiger partial charge in [-0.1, -0.05) is 37.1 Å². The number of carbonyl (C=O) groups excluding carboxylic acids is 1. The lowest BCUT2D eigenvalue weighted by Gasteiger charge is -2.45. The zero-order valence-corrected chi connectivity index (χ0v) is 23.8. The molecule has 0 aromatic heterocycles. The van der Waals surface area contributed by atoms with Crippen LogP contribution in [0, 0.1) is 5.82 Å². The van der Waals surface area contributed by atoms with Crippen molar-refractivity contribution in [2.45, 2.75) is 92.9 Å². The molecule has 3 aliphatic rings. The molecule has 2 heterocycles. The molecule has 10 heteroatoms. The monoisotopic (exact) mass is 578 g/mol. The first-order valence-electron chi connectivity index (χ1n) is 13.8. The predicted molar refractivity (Wildman–Crippen MR) is 146 cm³/mol. The van der Waals surface area contributed by atoms with Gasteiger partial charge in [0, 0.05) is 18.1 Å². The Labute approximate surface area is 234 Å². The zero-order chi connectivity index (χ0) is 27.8. The van der Waals surface area contributed by atoms with Gasteiger partial charge in [-0.25, -0.2) is 17.6 Å². The maximum absolute atomic E-state index is 14.3. The van der Waals surface area contributed by atoms with E-state index in [1.54, 1.807) is 17.0 Å². The maximum atomic E-state index is 14.3. The van der Waals surface area contributed by atoms with E-state index >= 15 is 0 Å². The second-order valence-electron chi connectivity index (χ2n) is 11.2. The minimum absolute atomic E-state index is 0.0913. The predicted octanol–water partition coefficient (Wildman–Crippen LogP) is 6.06. The second kappa shape index (κ2) is 11.0. The highest BCUT2D eigenvalue weighted by Crippen LogP contribution is 2.52. The van der Waals surface area contributed by atoms with Gasteiger partial charge >= 0.3 is 6.09 Å². The van der Waals surface area contributed by atoms with Gasteiger partial charge in [-0.15, -0.1) is 0 Å². The third kappa shape index (κ3) is 5.82. The molecule has 1 N–H and O–H groups in total. The SMILES string of the molecule is CCCC1(O)CCN(C(=O)OC2(C3CCCC(c4cccc(F)c4)N3S(=O)(=O)c3ccc(Cl)cc3)CC2)CC1. The summed E-state index contributed by atoms with van der Waals surface area (Å²) in [6.07, 6.45) is 4.96. The van der Waals surface area contributed by atoms with Gasteiger partial charge < -0.3 is 14.7 Å². The first-order chi connectivity index (χ1) is 18.6. The molecule has 3 fully saturated rings. The summed E-state index contributed by atoms with van der Waals surface area (Å²) < 4.78 is 50.2. The number of benzene rings is 2. The number of halogens is 2. The molecule has 1 amide bonds. The number of aliphatic hydroxyl groups is 1. The minimum atomic E-state index is -4.05. The smallest absolute Gasteiger partial charge is 0.410 e. The van der Waals surface area contributed by atoms with Crippen LogP contribution in [0.1, 0.15) is 76.3 Å². The summed E-state index contributed by atoms with van der Waals surface area (Å²) in [4.78, 5) is 15.0. The van der Waals surface area contributed by atoms with Crippen molar-refractivity contribution >= 4 is 27.7 Å². The van der Waals surface area contributed by atoms with Crippen molar-refractivity contribution in [3.05, 3.63) is 64.9 Å². The van der Waals surface area contributed by atoms with Crippen LogP contribution in [0.3, 0.4) is 0 Å². The molecular formula is C29H36ClFN2O5S. The molecule has 2 saturated heterocycles. The van der Waals surface area contributed by atoms with E-state index in [4.69, 9.17) is 16.3 Å². The van der Waals surface area contributed by atoms with Crippen LogP contribution in [0.15, 0.2) is 53.4 Å². The molecule has 7 nitrogen and oxygen atoms in total. The number of amides is 1. The number of carbonyl (C=O) groups is 1. The summed E-state index contributed by atoms with van der Waals surface area (Å²) in [5, 5.41) is 11.2. The highest BCUT2D eigenvalue weighted by molar-refractivity contribution is 7.89. The summed E-state index contributed by atoms with van der Waals surface area (Å²) in [5.41, 5.74) is -1.13. The third-order valence-electron chi connectivity index (χ3n) is 8.50. The number of nitrogens with zero attached hydrogens (tertiary/aromatic N) is 2. The Kier molecular flexibility index (Phi) is 7.99. The van der Waals surface area contributed by atoms with Crippen LogP contribution < -0.4 is 0 Å². The Morgan fingerprint density at radius 1 is 1.10 bits per heavy atom. The van der Waals surface area contributed by atoms with Gasteiger partial charge in [0.1, 0.15) is 11.4 Å². The van der Waals surface area contributed by atoms with E-state index in [-0.39, 0.29) is 4.90 Å². The van der Waals surface area contributed by atoms with E-state index in [9.17, 15) is 22.7 Å². The lowest BCUT2D eigenvalue weighted by Crippen LogP contribution is -2.55. The highest BCUT2D eigenvalue weighted by Gasteiger charge is 2.60. The number of rotatable bonds is 7. The minimum Gasteiger partial charge on any atom is -0.441 e.